The minimum Gasteiger partial charge on any atom is -0.466 e. The van der Waals surface area contributed by atoms with E-state index in [-0.39, 0.29) is 32.0 Å². The van der Waals surface area contributed by atoms with Crippen molar-refractivity contribution in [3.8, 4) is 0 Å². The zero-order valence-corrected chi connectivity index (χ0v) is 10.3. The maximum absolute atomic E-state index is 11.5. The highest BCUT2D eigenvalue weighted by molar-refractivity contribution is 7.85. The Labute approximate surface area is 99.5 Å². The van der Waals surface area contributed by atoms with E-state index in [0.29, 0.717) is 0 Å². The van der Waals surface area contributed by atoms with Gasteiger partial charge < -0.3 is 9.64 Å². The lowest BCUT2D eigenvalue weighted by Crippen LogP contribution is -2.31. The van der Waals surface area contributed by atoms with Crippen LogP contribution in [-0.2, 0) is 24.4 Å². The first-order valence-corrected chi connectivity index (χ1v) is 6.84. The number of hydrogen-bond acceptors (Lipinski definition) is 5. The summed E-state index contributed by atoms with van der Waals surface area (Å²) < 4.78 is 34.4. The van der Waals surface area contributed by atoms with Gasteiger partial charge in [-0.2, -0.15) is 8.42 Å². The molecule has 0 bridgehead atoms. The summed E-state index contributed by atoms with van der Waals surface area (Å²) in [4.78, 5) is 24.1. The molecule has 0 aliphatic carbocycles. The van der Waals surface area contributed by atoms with Crippen molar-refractivity contribution >= 4 is 22.0 Å². The second-order valence-electron chi connectivity index (χ2n) is 3.78. The number of ether oxygens (including phenoxy) is 1. The Bertz CT molecular complexity index is 404. The van der Waals surface area contributed by atoms with Crippen molar-refractivity contribution in [3.63, 3.8) is 0 Å². The highest BCUT2D eigenvalue weighted by Crippen LogP contribution is 2.18. The molecule has 0 radical (unpaired) electrons. The number of rotatable bonds is 5. The molecule has 0 aromatic carbocycles. The number of carbonyl (C=O) groups is 2. The van der Waals surface area contributed by atoms with Gasteiger partial charge in [-0.1, -0.05) is 0 Å². The van der Waals surface area contributed by atoms with Gasteiger partial charge in [-0.15, -0.1) is 0 Å². The third kappa shape index (κ3) is 4.31. The van der Waals surface area contributed by atoms with Gasteiger partial charge in [0.15, 0.2) is 0 Å². The third-order valence-corrected chi connectivity index (χ3v) is 3.15. The van der Waals surface area contributed by atoms with Crippen LogP contribution in [0.3, 0.4) is 0 Å². The van der Waals surface area contributed by atoms with E-state index in [1.165, 1.54) is 4.90 Å². The molecule has 1 heterocycles. The maximum atomic E-state index is 11.5. The fourth-order valence-electron chi connectivity index (χ4n) is 1.63. The second-order valence-corrected chi connectivity index (χ2v) is 5.35. The van der Waals surface area contributed by atoms with Crippen LogP contribution in [0.2, 0.25) is 0 Å². The molecule has 1 saturated heterocycles. The monoisotopic (exact) mass is 265 g/mol. The normalized spacial score (nSPS) is 20.7. The predicted octanol–water partition coefficient (Wildman–Crippen LogP) is -0.714. The van der Waals surface area contributed by atoms with Crippen molar-refractivity contribution in [1.29, 1.82) is 0 Å². The topological polar surface area (TPSA) is 101 Å². The number of carbonyl (C=O) groups excluding carboxylic acids is 2. The Balaban J connectivity index is 2.50. The number of nitrogens with zero attached hydrogens (tertiary/aromatic N) is 1. The van der Waals surface area contributed by atoms with Gasteiger partial charge in [-0.05, 0) is 6.92 Å². The van der Waals surface area contributed by atoms with E-state index in [0.717, 1.165) is 0 Å². The molecule has 1 N–H and O–H groups in total. The molecule has 1 aliphatic rings. The first-order valence-electron chi connectivity index (χ1n) is 5.23. The summed E-state index contributed by atoms with van der Waals surface area (Å²) in [5.41, 5.74) is 0. The van der Waals surface area contributed by atoms with Crippen LogP contribution in [0.4, 0.5) is 0 Å². The maximum Gasteiger partial charge on any atom is 0.311 e. The van der Waals surface area contributed by atoms with Crippen LogP contribution in [-0.4, -0.2) is 55.2 Å². The summed E-state index contributed by atoms with van der Waals surface area (Å²) in [6.45, 7) is 1.96. The van der Waals surface area contributed by atoms with Crippen molar-refractivity contribution in [2.75, 3.05) is 25.4 Å². The van der Waals surface area contributed by atoms with Crippen LogP contribution < -0.4 is 0 Å². The molecule has 7 nitrogen and oxygen atoms in total. The van der Waals surface area contributed by atoms with Crippen LogP contribution in [0.5, 0.6) is 0 Å². The Hall–Kier alpha value is -1.15. The molecule has 1 amide bonds. The predicted molar refractivity (Wildman–Crippen MR) is 57.7 cm³/mol. The van der Waals surface area contributed by atoms with Gasteiger partial charge in [0.1, 0.15) is 0 Å². The fourth-order valence-corrected chi connectivity index (χ4v) is 2.08. The highest BCUT2D eigenvalue weighted by Gasteiger charge is 2.35. The Morgan fingerprint density at radius 3 is 2.76 bits per heavy atom. The van der Waals surface area contributed by atoms with Crippen molar-refractivity contribution in [1.82, 2.24) is 4.90 Å². The largest absolute Gasteiger partial charge is 0.466 e. The number of hydrogen-bond donors (Lipinski definition) is 1. The van der Waals surface area contributed by atoms with Crippen molar-refractivity contribution in [3.05, 3.63) is 0 Å². The Kier molecular flexibility index (Phi) is 4.47. The zero-order chi connectivity index (χ0) is 13.1. The lowest BCUT2D eigenvalue weighted by atomic mass is 10.1. The molecule has 8 heteroatoms. The van der Waals surface area contributed by atoms with E-state index < -0.39 is 27.8 Å². The summed E-state index contributed by atoms with van der Waals surface area (Å²) in [7, 11) is -4.09. The molecule has 1 unspecified atom stereocenters. The van der Waals surface area contributed by atoms with E-state index in [4.69, 9.17) is 9.29 Å². The Morgan fingerprint density at radius 2 is 2.24 bits per heavy atom. The number of likely N-dealkylation sites (tertiary alicyclic amines) is 1. The molecular weight excluding hydrogens is 250 g/mol. The summed E-state index contributed by atoms with van der Waals surface area (Å²) in [5, 5.41) is 0. The average Bonchev–Trinajstić information content (AvgIpc) is 2.56. The molecular formula is C9H15NO6S. The van der Waals surface area contributed by atoms with Crippen LogP contribution in [0.1, 0.15) is 13.3 Å². The summed E-state index contributed by atoms with van der Waals surface area (Å²) in [6.07, 6.45) is 0.0321. The molecule has 1 aliphatic heterocycles. The van der Waals surface area contributed by atoms with Gasteiger partial charge >= 0.3 is 5.97 Å². The minimum absolute atomic E-state index is 0.0321. The average molecular weight is 265 g/mol. The summed E-state index contributed by atoms with van der Waals surface area (Å²) >= 11 is 0. The lowest BCUT2D eigenvalue weighted by Gasteiger charge is -2.14. The van der Waals surface area contributed by atoms with Crippen molar-refractivity contribution < 1.29 is 27.3 Å². The van der Waals surface area contributed by atoms with Crippen LogP contribution in [0, 0.1) is 5.92 Å². The summed E-state index contributed by atoms with van der Waals surface area (Å²) in [5.74, 6) is -1.81. The smallest absolute Gasteiger partial charge is 0.311 e. The molecule has 98 valence electrons. The summed E-state index contributed by atoms with van der Waals surface area (Å²) in [6, 6.07) is 0. The van der Waals surface area contributed by atoms with Crippen LogP contribution in [0.25, 0.3) is 0 Å². The van der Waals surface area contributed by atoms with E-state index in [1.807, 2.05) is 0 Å². The Morgan fingerprint density at radius 1 is 1.59 bits per heavy atom. The van der Waals surface area contributed by atoms with Gasteiger partial charge in [0.25, 0.3) is 10.1 Å². The van der Waals surface area contributed by atoms with Crippen molar-refractivity contribution in [2.24, 2.45) is 5.92 Å². The molecule has 1 rings (SSSR count). The SMILES string of the molecule is CCOC(=O)C1CC(=O)N(CCS(=O)(=O)O)C1. The number of esters is 1. The highest BCUT2D eigenvalue weighted by atomic mass is 32.2. The lowest BCUT2D eigenvalue weighted by molar-refractivity contribution is -0.147. The van der Waals surface area contributed by atoms with Crippen molar-refractivity contribution in [2.45, 2.75) is 13.3 Å². The van der Waals surface area contributed by atoms with Crippen LogP contribution >= 0.6 is 0 Å². The molecule has 0 aromatic heterocycles. The van der Waals surface area contributed by atoms with Crippen LogP contribution in [0.15, 0.2) is 0 Å². The molecule has 0 saturated carbocycles. The van der Waals surface area contributed by atoms with E-state index >= 15 is 0 Å². The quantitative estimate of drug-likeness (QED) is 0.520. The molecule has 1 fully saturated rings. The van der Waals surface area contributed by atoms with E-state index in [9.17, 15) is 18.0 Å². The van der Waals surface area contributed by atoms with Gasteiger partial charge in [-0.3, -0.25) is 14.1 Å². The second kappa shape index (κ2) is 5.46. The zero-order valence-electron chi connectivity index (χ0n) is 9.46. The van der Waals surface area contributed by atoms with E-state index in [2.05, 4.69) is 0 Å². The molecule has 17 heavy (non-hydrogen) atoms. The number of amides is 1. The first-order chi connectivity index (χ1) is 7.83. The van der Waals surface area contributed by atoms with E-state index in [1.54, 1.807) is 6.92 Å². The van der Waals surface area contributed by atoms with Gasteiger partial charge in [0.05, 0.1) is 18.3 Å². The molecule has 1 atom stereocenters. The van der Waals surface area contributed by atoms with Gasteiger partial charge in [0, 0.05) is 19.5 Å². The molecule has 0 aromatic rings. The molecule has 0 spiro atoms. The minimum atomic E-state index is -4.09. The van der Waals surface area contributed by atoms with Gasteiger partial charge in [0.2, 0.25) is 5.91 Å². The fraction of sp³-hybridized carbons (Fsp3) is 0.778. The standard InChI is InChI=1S/C9H15NO6S/c1-2-16-9(12)7-5-8(11)10(6-7)3-4-17(13,14)15/h7H,2-6H2,1H3,(H,13,14,15). The first kappa shape index (κ1) is 13.9. The van der Waals surface area contributed by atoms with Gasteiger partial charge in [-0.25, -0.2) is 0 Å². The third-order valence-electron chi connectivity index (χ3n) is 2.45.